The van der Waals surface area contributed by atoms with Crippen molar-refractivity contribution in [3.63, 3.8) is 0 Å². The van der Waals surface area contributed by atoms with Crippen LogP contribution in [0.1, 0.15) is 38.5 Å². The van der Waals surface area contributed by atoms with Crippen molar-refractivity contribution in [1.82, 2.24) is 4.90 Å². The summed E-state index contributed by atoms with van der Waals surface area (Å²) in [5.74, 6) is 0.725. The first-order chi connectivity index (χ1) is 7.83. The van der Waals surface area contributed by atoms with Gasteiger partial charge in [-0.25, -0.2) is 0 Å². The molecule has 0 aliphatic carbocycles. The van der Waals surface area contributed by atoms with Crippen molar-refractivity contribution >= 4 is 17.5 Å². The van der Waals surface area contributed by atoms with Gasteiger partial charge in [0.05, 0.1) is 0 Å². The van der Waals surface area contributed by atoms with Crippen LogP contribution in [0, 0.1) is 0 Å². The molecule has 2 aliphatic rings. The Balaban J connectivity index is 2.00. The normalized spacial score (nSPS) is 31.4. The zero-order valence-corrected chi connectivity index (χ0v) is 10.4. The van der Waals surface area contributed by atoms with E-state index in [1.165, 1.54) is 12.8 Å². The largest absolute Gasteiger partial charge is 0.368 e. The summed E-state index contributed by atoms with van der Waals surface area (Å²) in [6.07, 6.45) is 6.24. The summed E-state index contributed by atoms with van der Waals surface area (Å²) in [7, 11) is 0. The van der Waals surface area contributed by atoms with Crippen LogP contribution < -0.4 is 0 Å². The molecule has 2 aliphatic heterocycles. The van der Waals surface area contributed by atoms with Crippen LogP contribution in [0.4, 0.5) is 0 Å². The minimum Gasteiger partial charge on any atom is -0.368 e. The third-order valence-corrected chi connectivity index (χ3v) is 3.90. The molecule has 2 heterocycles. The Labute approximate surface area is 102 Å². The van der Waals surface area contributed by atoms with Crippen molar-refractivity contribution in [1.29, 1.82) is 0 Å². The smallest absolute Gasteiger partial charge is 0.251 e. The van der Waals surface area contributed by atoms with Gasteiger partial charge in [-0.2, -0.15) is 0 Å². The van der Waals surface area contributed by atoms with Gasteiger partial charge in [-0.05, 0) is 25.7 Å². The molecule has 2 saturated heterocycles. The van der Waals surface area contributed by atoms with Crippen LogP contribution in [0.3, 0.4) is 0 Å². The Bertz CT molecular complexity index is 241. The molecule has 3 nitrogen and oxygen atoms in total. The molecule has 2 fully saturated rings. The lowest BCUT2D eigenvalue weighted by Gasteiger charge is -2.30. The summed E-state index contributed by atoms with van der Waals surface area (Å²) in [5, 5.41) is 0. The Morgan fingerprint density at radius 2 is 2.12 bits per heavy atom. The number of nitrogens with zero attached hydrogens (tertiary/aromatic N) is 1. The lowest BCUT2D eigenvalue weighted by Crippen LogP contribution is -2.46. The molecule has 0 saturated carbocycles. The number of hydrogen-bond acceptors (Lipinski definition) is 2. The molecule has 2 rings (SSSR count). The van der Waals surface area contributed by atoms with E-state index < -0.39 is 0 Å². The Hall–Kier alpha value is -0.280. The zero-order valence-electron chi connectivity index (χ0n) is 9.66. The minimum atomic E-state index is -0.191. The fourth-order valence-corrected chi connectivity index (χ4v) is 2.91. The second kappa shape index (κ2) is 5.87. The molecule has 16 heavy (non-hydrogen) atoms. The predicted molar refractivity (Wildman–Crippen MR) is 63.7 cm³/mol. The molecule has 0 radical (unpaired) electrons. The van der Waals surface area contributed by atoms with Gasteiger partial charge in [0.1, 0.15) is 6.10 Å². The van der Waals surface area contributed by atoms with Crippen molar-refractivity contribution in [2.24, 2.45) is 0 Å². The van der Waals surface area contributed by atoms with Crippen molar-refractivity contribution in [3.05, 3.63) is 0 Å². The van der Waals surface area contributed by atoms with Gasteiger partial charge in [0, 0.05) is 25.1 Å². The lowest BCUT2D eigenvalue weighted by atomic mass is 10.1. The molecule has 2 unspecified atom stereocenters. The molecule has 2 atom stereocenters. The molecule has 0 spiro atoms. The van der Waals surface area contributed by atoms with Crippen LogP contribution in [-0.2, 0) is 9.53 Å². The summed E-state index contributed by atoms with van der Waals surface area (Å²) >= 11 is 5.96. The van der Waals surface area contributed by atoms with E-state index in [-0.39, 0.29) is 18.1 Å². The maximum absolute atomic E-state index is 12.3. The highest BCUT2D eigenvalue weighted by atomic mass is 35.5. The zero-order chi connectivity index (χ0) is 11.4. The number of amides is 1. The van der Waals surface area contributed by atoms with Gasteiger partial charge in [-0.15, -0.1) is 11.6 Å². The molecule has 0 N–H and O–H groups in total. The maximum Gasteiger partial charge on any atom is 0.251 e. The summed E-state index contributed by atoms with van der Waals surface area (Å²) in [6.45, 7) is 1.59. The fourth-order valence-electron chi connectivity index (χ4n) is 2.59. The lowest BCUT2D eigenvalue weighted by molar-refractivity contribution is -0.142. The molecule has 4 heteroatoms. The van der Waals surface area contributed by atoms with Crippen LogP contribution >= 0.6 is 11.6 Å². The predicted octanol–water partition coefficient (Wildman–Crippen LogP) is 2.18. The van der Waals surface area contributed by atoms with E-state index in [0.717, 1.165) is 38.8 Å². The monoisotopic (exact) mass is 245 g/mol. The second-order valence-electron chi connectivity index (χ2n) is 4.69. The summed E-state index contributed by atoms with van der Waals surface area (Å²) < 4.78 is 5.47. The molecule has 0 bridgehead atoms. The standard InChI is InChI=1S/C12H20ClNO2/c13-9-10-5-2-1-3-7-14(10)12(15)11-6-4-8-16-11/h10-11H,1-9H2. The van der Waals surface area contributed by atoms with Gasteiger partial charge in [0.15, 0.2) is 0 Å². The highest BCUT2D eigenvalue weighted by Gasteiger charge is 2.32. The van der Waals surface area contributed by atoms with Gasteiger partial charge >= 0.3 is 0 Å². The van der Waals surface area contributed by atoms with Gasteiger partial charge < -0.3 is 9.64 Å². The van der Waals surface area contributed by atoms with E-state index in [4.69, 9.17) is 16.3 Å². The van der Waals surface area contributed by atoms with Crippen LogP contribution in [0.5, 0.6) is 0 Å². The van der Waals surface area contributed by atoms with Crippen LogP contribution in [0.25, 0.3) is 0 Å². The number of ether oxygens (including phenoxy) is 1. The highest BCUT2D eigenvalue weighted by Crippen LogP contribution is 2.22. The Kier molecular flexibility index (Phi) is 4.47. The van der Waals surface area contributed by atoms with E-state index in [0.29, 0.717) is 5.88 Å². The first kappa shape index (κ1) is 12.2. The number of rotatable bonds is 2. The molecular formula is C12H20ClNO2. The first-order valence-corrected chi connectivity index (χ1v) is 6.84. The Morgan fingerprint density at radius 3 is 2.81 bits per heavy atom. The van der Waals surface area contributed by atoms with Gasteiger partial charge in [0.25, 0.3) is 5.91 Å². The third-order valence-electron chi connectivity index (χ3n) is 3.54. The quantitative estimate of drug-likeness (QED) is 0.698. The summed E-state index contributed by atoms with van der Waals surface area (Å²) in [4.78, 5) is 14.2. The second-order valence-corrected chi connectivity index (χ2v) is 5.00. The van der Waals surface area contributed by atoms with Gasteiger partial charge in [-0.1, -0.05) is 12.8 Å². The average molecular weight is 246 g/mol. The van der Waals surface area contributed by atoms with Crippen LogP contribution in [0.2, 0.25) is 0 Å². The number of carbonyl (C=O) groups excluding carboxylic acids is 1. The highest BCUT2D eigenvalue weighted by molar-refractivity contribution is 6.18. The average Bonchev–Trinajstić information content (AvgIpc) is 2.73. The van der Waals surface area contributed by atoms with E-state index in [1.54, 1.807) is 0 Å². The SMILES string of the molecule is O=C(C1CCCO1)N1CCCCCC1CCl. The van der Waals surface area contributed by atoms with Crippen LogP contribution in [-0.4, -0.2) is 42.0 Å². The Morgan fingerprint density at radius 1 is 1.25 bits per heavy atom. The van der Waals surface area contributed by atoms with Crippen molar-refractivity contribution < 1.29 is 9.53 Å². The molecule has 92 valence electrons. The van der Waals surface area contributed by atoms with Crippen molar-refractivity contribution in [3.8, 4) is 0 Å². The molecule has 0 aromatic heterocycles. The summed E-state index contributed by atoms with van der Waals surface area (Å²) in [5.41, 5.74) is 0. The number of halogens is 1. The van der Waals surface area contributed by atoms with E-state index >= 15 is 0 Å². The number of likely N-dealkylation sites (tertiary alicyclic amines) is 1. The first-order valence-electron chi connectivity index (χ1n) is 6.31. The number of alkyl halides is 1. The third kappa shape index (κ3) is 2.69. The maximum atomic E-state index is 12.3. The molecular weight excluding hydrogens is 226 g/mol. The molecule has 1 amide bonds. The van der Waals surface area contributed by atoms with Crippen molar-refractivity contribution in [2.45, 2.75) is 50.7 Å². The van der Waals surface area contributed by atoms with Gasteiger partial charge in [-0.3, -0.25) is 4.79 Å². The molecule has 0 aromatic carbocycles. The van der Waals surface area contributed by atoms with E-state index in [2.05, 4.69) is 0 Å². The van der Waals surface area contributed by atoms with E-state index in [9.17, 15) is 4.79 Å². The summed E-state index contributed by atoms with van der Waals surface area (Å²) in [6, 6.07) is 0.223. The van der Waals surface area contributed by atoms with Crippen LogP contribution in [0.15, 0.2) is 0 Å². The van der Waals surface area contributed by atoms with Gasteiger partial charge in [0.2, 0.25) is 0 Å². The molecule has 0 aromatic rings. The van der Waals surface area contributed by atoms with E-state index in [1.807, 2.05) is 4.90 Å². The minimum absolute atomic E-state index is 0.171. The van der Waals surface area contributed by atoms with Crippen molar-refractivity contribution in [2.75, 3.05) is 19.0 Å². The number of carbonyl (C=O) groups is 1. The number of hydrogen-bond donors (Lipinski definition) is 0. The topological polar surface area (TPSA) is 29.5 Å². The fraction of sp³-hybridized carbons (Fsp3) is 0.917.